The summed E-state index contributed by atoms with van der Waals surface area (Å²) in [6.07, 6.45) is 3.40. The number of hydrogen-bond donors (Lipinski definition) is 0. The first-order valence-electron chi connectivity index (χ1n) is 16.9. The first kappa shape index (κ1) is 28.5. The van der Waals surface area contributed by atoms with E-state index in [0.29, 0.717) is 17.5 Å². The first-order valence-corrected chi connectivity index (χ1v) is 16.9. The quantitative estimate of drug-likeness (QED) is 0.197. The lowest BCUT2D eigenvalue weighted by molar-refractivity contribution is 0.660. The van der Waals surface area contributed by atoms with Gasteiger partial charge in [0.05, 0.1) is 0 Å². The minimum Gasteiger partial charge on any atom is -0.208 e. The third-order valence-electron chi connectivity index (χ3n) is 10.3. The average molecular weight is 618 g/mol. The van der Waals surface area contributed by atoms with Crippen LogP contribution in [0.25, 0.3) is 67.5 Å². The Labute approximate surface area is 282 Å². The number of nitrogens with zero attached hydrogens (tertiary/aromatic N) is 3. The molecule has 3 nitrogen and oxygen atoms in total. The summed E-state index contributed by atoms with van der Waals surface area (Å²) in [5, 5.41) is 0. The van der Waals surface area contributed by atoms with Crippen LogP contribution in [0.4, 0.5) is 0 Å². The van der Waals surface area contributed by atoms with Gasteiger partial charge in [0.1, 0.15) is 0 Å². The minimum absolute atomic E-state index is 0.0938. The van der Waals surface area contributed by atoms with Crippen molar-refractivity contribution in [2.45, 2.75) is 38.5 Å². The van der Waals surface area contributed by atoms with Gasteiger partial charge in [-0.05, 0) is 74.9 Å². The fraction of sp³-hybridized carbons (Fsp3) is 0.133. The molecular weight excluding hydrogens is 583 g/mol. The molecule has 0 amide bonds. The van der Waals surface area contributed by atoms with Gasteiger partial charge >= 0.3 is 0 Å². The van der Waals surface area contributed by atoms with E-state index >= 15 is 0 Å². The van der Waals surface area contributed by atoms with E-state index in [1.807, 2.05) is 60.7 Å². The largest absolute Gasteiger partial charge is 0.208 e. The van der Waals surface area contributed by atoms with Crippen LogP contribution in [0, 0.1) is 0 Å². The molecule has 1 heterocycles. The fourth-order valence-corrected chi connectivity index (χ4v) is 7.86. The van der Waals surface area contributed by atoms with Gasteiger partial charge in [-0.2, -0.15) is 0 Å². The second-order valence-corrected chi connectivity index (χ2v) is 13.5. The van der Waals surface area contributed by atoms with Gasteiger partial charge in [0, 0.05) is 22.1 Å². The van der Waals surface area contributed by atoms with Gasteiger partial charge in [-0.25, -0.2) is 15.0 Å². The van der Waals surface area contributed by atoms with E-state index in [4.69, 9.17) is 15.0 Å². The number of aryl methyl sites for hydroxylation is 2. The van der Waals surface area contributed by atoms with Gasteiger partial charge in [0.15, 0.2) is 17.5 Å². The zero-order valence-electron chi connectivity index (χ0n) is 27.2. The Kier molecular flexibility index (Phi) is 6.69. The van der Waals surface area contributed by atoms with Crippen LogP contribution in [-0.2, 0) is 18.3 Å². The monoisotopic (exact) mass is 617 g/mol. The highest BCUT2D eigenvalue weighted by Crippen LogP contribution is 2.56. The summed E-state index contributed by atoms with van der Waals surface area (Å²) in [4.78, 5) is 14.8. The van der Waals surface area contributed by atoms with Crippen molar-refractivity contribution in [1.29, 1.82) is 0 Å². The molecule has 2 aliphatic rings. The Morgan fingerprint density at radius 1 is 0.396 bits per heavy atom. The van der Waals surface area contributed by atoms with Crippen LogP contribution in [0.1, 0.15) is 42.5 Å². The SMILES string of the molecule is CC1(C)c2cccc(-c3ccc(-c4nc(-c5ccccc5)nc(-c5ccccc5)n4)cc3)c2-c2c1ccc1c2-c2ccccc2CCC1. The van der Waals surface area contributed by atoms with E-state index in [2.05, 4.69) is 92.7 Å². The Morgan fingerprint density at radius 2 is 0.917 bits per heavy atom. The highest BCUT2D eigenvalue weighted by molar-refractivity contribution is 6.01. The highest BCUT2D eigenvalue weighted by Gasteiger charge is 2.39. The Morgan fingerprint density at radius 3 is 1.58 bits per heavy atom. The molecule has 0 saturated carbocycles. The molecule has 0 radical (unpaired) electrons. The summed E-state index contributed by atoms with van der Waals surface area (Å²) in [5.74, 6) is 2.01. The van der Waals surface area contributed by atoms with E-state index in [0.717, 1.165) is 29.5 Å². The lowest BCUT2D eigenvalue weighted by Crippen LogP contribution is -2.15. The van der Waals surface area contributed by atoms with Gasteiger partial charge in [0.25, 0.3) is 0 Å². The van der Waals surface area contributed by atoms with Crippen LogP contribution in [-0.4, -0.2) is 15.0 Å². The van der Waals surface area contributed by atoms with Crippen molar-refractivity contribution in [2.24, 2.45) is 0 Å². The third kappa shape index (κ3) is 4.61. The topological polar surface area (TPSA) is 38.7 Å². The predicted molar refractivity (Wildman–Crippen MR) is 197 cm³/mol. The average Bonchev–Trinajstić information content (AvgIpc) is 3.25. The summed E-state index contributed by atoms with van der Waals surface area (Å²) in [6.45, 7) is 4.77. The molecule has 9 rings (SSSR count). The van der Waals surface area contributed by atoms with Gasteiger partial charge in [-0.1, -0.05) is 153 Å². The van der Waals surface area contributed by atoms with Crippen molar-refractivity contribution in [3.63, 3.8) is 0 Å². The number of fused-ring (bicyclic) bond motifs is 7. The second-order valence-electron chi connectivity index (χ2n) is 13.5. The molecule has 230 valence electrons. The summed E-state index contributed by atoms with van der Waals surface area (Å²) in [5.41, 5.74) is 16.6. The number of aromatic nitrogens is 3. The summed E-state index contributed by atoms with van der Waals surface area (Å²) >= 11 is 0. The summed E-state index contributed by atoms with van der Waals surface area (Å²) < 4.78 is 0. The molecule has 0 bridgehead atoms. The van der Waals surface area contributed by atoms with Crippen LogP contribution in [0.2, 0.25) is 0 Å². The van der Waals surface area contributed by atoms with Crippen molar-refractivity contribution < 1.29 is 0 Å². The lowest BCUT2D eigenvalue weighted by Gasteiger charge is -2.22. The molecule has 0 unspecified atom stereocenters. The first-order chi connectivity index (χ1) is 23.6. The maximum Gasteiger partial charge on any atom is 0.164 e. The van der Waals surface area contributed by atoms with Crippen molar-refractivity contribution in [3.05, 3.63) is 162 Å². The number of hydrogen-bond acceptors (Lipinski definition) is 3. The molecule has 0 N–H and O–H groups in total. The van der Waals surface area contributed by atoms with Crippen molar-refractivity contribution in [3.8, 4) is 67.5 Å². The number of rotatable bonds is 4. The molecule has 3 heteroatoms. The molecule has 48 heavy (non-hydrogen) atoms. The lowest BCUT2D eigenvalue weighted by atomic mass is 9.81. The molecule has 0 fully saturated rings. The van der Waals surface area contributed by atoms with Gasteiger partial charge in [0.2, 0.25) is 0 Å². The van der Waals surface area contributed by atoms with E-state index in [1.54, 1.807) is 0 Å². The van der Waals surface area contributed by atoms with Crippen LogP contribution >= 0.6 is 0 Å². The fourth-order valence-electron chi connectivity index (χ4n) is 7.86. The van der Waals surface area contributed by atoms with Crippen LogP contribution in [0.15, 0.2) is 140 Å². The van der Waals surface area contributed by atoms with E-state index in [-0.39, 0.29) is 5.41 Å². The molecule has 1 aromatic heterocycles. The molecule has 2 aliphatic carbocycles. The van der Waals surface area contributed by atoms with Crippen LogP contribution < -0.4 is 0 Å². The summed E-state index contributed by atoms with van der Waals surface area (Å²) in [7, 11) is 0. The van der Waals surface area contributed by atoms with E-state index in [1.165, 1.54) is 62.1 Å². The maximum atomic E-state index is 4.96. The van der Waals surface area contributed by atoms with Crippen LogP contribution in [0.3, 0.4) is 0 Å². The number of benzene rings is 6. The molecule has 0 spiro atoms. The molecule has 0 aliphatic heterocycles. The molecular formula is C45H35N3. The third-order valence-corrected chi connectivity index (χ3v) is 10.3. The predicted octanol–water partition coefficient (Wildman–Crippen LogP) is 11.0. The smallest absolute Gasteiger partial charge is 0.164 e. The van der Waals surface area contributed by atoms with Crippen molar-refractivity contribution >= 4 is 0 Å². The van der Waals surface area contributed by atoms with Gasteiger partial charge in [-0.15, -0.1) is 0 Å². The minimum atomic E-state index is -0.0938. The van der Waals surface area contributed by atoms with E-state index in [9.17, 15) is 0 Å². The highest BCUT2D eigenvalue weighted by atomic mass is 15.0. The molecule has 0 saturated heterocycles. The Balaban J connectivity index is 1.19. The van der Waals surface area contributed by atoms with Crippen molar-refractivity contribution in [1.82, 2.24) is 15.0 Å². The van der Waals surface area contributed by atoms with Gasteiger partial charge in [-0.3, -0.25) is 0 Å². The second kappa shape index (κ2) is 11.2. The zero-order chi connectivity index (χ0) is 32.2. The van der Waals surface area contributed by atoms with E-state index < -0.39 is 0 Å². The molecule has 7 aromatic rings. The zero-order valence-corrected chi connectivity index (χ0v) is 27.2. The van der Waals surface area contributed by atoms with Gasteiger partial charge < -0.3 is 0 Å². The molecule has 6 aromatic carbocycles. The standard InChI is InChI=1S/C45H35N3/c1-45(2)37-22-12-21-36(40(37)41-38(45)28-27-31-19-11-18-29-13-9-10-20-35(29)39(31)41)30-23-25-34(26-24-30)44-47-42(32-14-5-3-6-15-32)46-43(48-44)33-16-7-4-8-17-33/h3-10,12-17,20-28H,11,18-19H2,1-2H3. The maximum absolute atomic E-state index is 4.96. The summed E-state index contributed by atoms with van der Waals surface area (Å²) in [6, 6.07) is 49.8. The van der Waals surface area contributed by atoms with Crippen LogP contribution in [0.5, 0.6) is 0 Å². The molecule has 0 atom stereocenters. The van der Waals surface area contributed by atoms with Crippen molar-refractivity contribution in [2.75, 3.05) is 0 Å². The normalized spacial score (nSPS) is 14.0. The Hall–Kier alpha value is -5.67. The Bertz CT molecular complexity index is 2260.